The summed E-state index contributed by atoms with van der Waals surface area (Å²) in [6, 6.07) is 14.3. The maximum absolute atomic E-state index is 4.48. The van der Waals surface area contributed by atoms with E-state index in [0.717, 1.165) is 24.7 Å². The molecule has 0 saturated carbocycles. The van der Waals surface area contributed by atoms with Crippen LogP contribution in [0, 0.1) is 6.92 Å². The Morgan fingerprint density at radius 3 is 2.39 bits per heavy atom. The summed E-state index contributed by atoms with van der Waals surface area (Å²) in [6.45, 7) is 5.87. The van der Waals surface area contributed by atoms with Crippen LogP contribution in [0.4, 0.5) is 11.6 Å². The Balaban J connectivity index is 2.02. The number of benzene rings is 1. The molecule has 2 N–H and O–H groups in total. The predicted octanol–water partition coefficient (Wildman–Crippen LogP) is 3.43. The second-order valence-electron chi connectivity index (χ2n) is 4.22. The fourth-order valence-corrected chi connectivity index (χ4v) is 1.81. The summed E-state index contributed by atoms with van der Waals surface area (Å²) in [6.07, 6.45) is 0. The van der Waals surface area contributed by atoms with Gasteiger partial charge in [0.2, 0.25) is 0 Å². The first kappa shape index (κ1) is 12.4. The molecule has 0 spiro atoms. The van der Waals surface area contributed by atoms with Gasteiger partial charge in [-0.1, -0.05) is 30.3 Å². The molecule has 2 rings (SSSR count). The van der Waals surface area contributed by atoms with Crippen molar-refractivity contribution in [2.24, 2.45) is 0 Å². The van der Waals surface area contributed by atoms with Crippen molar-refractivity contribution < 1.29 is 0 Å². The minimum Gasteiger partial charge on any atom is -0.370 e. The van der Waals surface area contributed by atoms with Crippen molar-refractivity contribution in [1.29, 1.82) is 0 Å². The highest BCUT2D eigenvalue weighted by molar-refractivity contribution is 5.45. The van der Waals surface area contributed by atoms with Crippen LogP contribution < -0.4 is 10.6 Å². The zero-order chi connectivity index (χ0) is 12.8. The lowest BCUT2D eigenvalue weighted by Gasteiger charge is -2.09. The van der Waals surface area contributed by atoms with Gasteiger partial charge in [-0.05, 0) is 37.1 Å². The molecule has 0 aliphatic heterocycles. The molecule has 18 heavy (non-hydrogen) atoms. The van der Waals surface area contributed by atoms with Gasteiger partial charge in [-0.15, -0.1) is 0 Å². The Kier molecular flexibility index (Phi) is 4.18. The van der Waals surface area contributed by atoms with Gasteiger partial charge in [-0.3, -0.25) is 0 Å². The Bertz CT molecular complexity index is 509. The van der Waals surface area contributed by atoms with Crippen LogP contribution in [0.1, 0.15) is 18.1 Å². The molecule has 0 aliphatic rings. The number of nitrogens with zero attached hydrogens (tertiary/aromatic N) is 1. The van der Waals surface area contributed by atoms with E-state index in [2.05, 4.69) is 53.7 Å². The molecule has 2 aromatic rings. The number of pyridine rings is 1. The molecule has 0 unspecified atom stereocenters. The zero-order valence-electron chi connectivity index (χ0n) is 10.9. The second kappa shape index (κ2) is 6.05. The van der Waals surface area contributed by atoms with E-state index in [1.165, 1.54) is 11.1 Å². The molecule has 0 fully saturated rings. The van der Waals surface area contributed by atoms with Crippen molar-refractivity contribution in [2.75, 3.05) is 17.2 Å². The molecule has 3 heteroatoms. The zero-order valence-corrected chi connectivity index (χ0v) is 10.9. The third-order valence-corrected chi connectivity index (χ3v) is 2.83. The maximum atomic E-state index is 4.48. The SMILES string of the molecule is CCNc1cccc(NCc2ccccc2C)n1. The minimum atomic E-state index is 0.801. The van der Waals surface area contributed by atoms with E-state index in [1.54, 1.807) is 0 Å². The van der Waals surface area contributed by atoms with Gasteiger partial charge in [0.1, 0.15) is 11.6 Å². The molecule has 3 nitrogen and oxygen atoms in total. The number of hydrogen-bond acceptors (Lipinski definition) is 3. The number of aromatic nitrogens is 1. The number of rotatable bonds is 5. The monoisotopic (exact) mass is 241 g/mol. The van der Waals surface area contributed by atoms with Crippen LogP contribution in [-0.2, 0) is 6.54 Å². The lowest BCUT2D eigenvalue weighted by Crippen LogP contribution is -2.05. The predicted molar refractivity (Wildman–Crippen MR) is 76.9 cm³/mol. The van der Waals surface area contributed by atoms with Crippen LogP contribution in [0.15, 0.2) is 42.5 Å². The van der Waals surface area contributed by atoms with E-state index in [4.69, 9.17) is 0 Å². The van der Waals surface area contributed by atoms with E-state index in [1.807, 2.05) is 18.2 Å². The van der Waals surface area contributed by atoms with Crippen LogP contribution in [0.2, 0.25) is 0 Å². The first-order chi connectivity index (χ1) is 8.79. The van der Waals surface area contributed by atoms with Crippen molar-refractivity contribution in [3.8, 4) is 0 Å². The highest BCUT2D eigenvalue weighted by Gasteiger charge is 1.99. The lowest BCUT2D eigenvalue weighted by atomic mass is 10.1. The molecule has 0 amide bonds. The highest BCUT2D eigenvalue weighted by Crippen LogP contribution is 2.12. The number of aryl methyl sites for hydroxylation is 1. The van der Waals surface area contributed by atoms with Gasteiger partial charge >= 0.3 is 0 Å². The van der Waals surface area contributed by atoms with Crippen molar-refractivity contribution in [3.05, 3.63) is 53.6 Å². The van der Waals surface area contributed by atoms with Crippen molar-refractivity contribution in [2.45, 2.75) is 20.4 Å². The smallest absolute Gasteiger partial charge is 0.128 e. The fraction of sp³-hybridized carbons (Fsp3) is 0.267. The van der Waals surface area contributed by atoms with E-state index in [0.29, 0.717) is 0 Å². The van der Waals surface area contributed by atoms with Crippen LogP contribution in [0.25, 0.3) is 0 Å². The first-order valence-corrected chi connectivity index (χ1v) is 6.29. The molecule has 0 atom stereocenters. The second-order valence-corrected chi connectivity index (χ2v) is 4.22. The van der Waals surface area contributed by atoms with Crippen molar-refractivity contribution in [3.63, 3.8) is 0 Å². The van der Waals surface area contributed by atoms with E-state index < -0.39 is 0 Å². The largest absolute Gasteiger partial charge is 0.370 e. The topological polar surface area (TPSA) is 37.0 Å². The molecule has 0 radical (unpaired) electrons. The Labute approximate surface area is 108 Å². The van der Waals surface area contributed by atoms with Crippen LogP contribution >= 0.6 is 0 Å². The van der Waals surface area contributed by atoms with Gasteiger partial charge < -0.3 is 10.6 Å². The summed E-state index contributed by atoms with van der Waals surface area (Å²) >= 11 is 0. The van der Waals surface area contributed by atoms with Gasteiger partial charge in [-0.25, -0.2) is 4.98 Å². The van der Waals surface area contributed by atoms with Crippen LogP contribution in [0.3, 0.4) is 0 Å². The van der Waals surface area contributed by atoms with Gasteiger partial charge in [0.05, 0.1) is 0 Å². The normalized spacial score (nSPS) is 10.1. The molecule has 1 heterocycles. The van der Waals surface area contributed by atoms with Crippen LogP contribution in [-0.4, -0.2) is 11.5 Å². The Hall–Kier alpha value is -2.03. The molecule has 0 saturated heterocycles. The molecular formula is C15H19N3. The summed E-state index contributed by atoms with van der Waals surface area (Å²) in [5.74, 6) is 1.81. The number of nitrogens with one attached hydrogen (secondary N) is 2. The molecule has 0 aliphatic carbocycles. The molecule has 94 valence electrons. The van der Waals surface area contributed by atoms with Crippen molar-refractivity contribution in [1.82, 2.24) is 4.98 Å². The average molecular weight is 241 g/mol. The Morgan fingerprint density at radius 2 is 1.67 bits per heavy atom. The summed E-state index contributed by atoms with van der Waals surface area (Å²) in [4.78, 5) is 4.48. The van der Waals surface area contributed by atoms with Crippen molar-refractivity contribution >= 4 is 11.6 Å². The third-order valence-electron chi connectivity index (χ3n) is 2.83. The molecule has 1 aromatic heterocycles. The fourth-order valence-electron chi connectivity index (χ4n) is 1.81. The van der Waals surface area contributed by atoms with Gasteiger partial charge in [0, 0.05) is 13.1 Å². The van der Waals surface area contributed by atoms with Gasteiger partial charge in [0.15, 0.2) is 0 Å². The maximum Gasteiger partial charge on any atom is 0.128 e. The molecule has 1 aromatic carbocycles. The number of anilines is 2. The lowest BCUT2D eigenvalue weighted by molar-refractivity contribution is 1.08. The Morgan fingerprint density at radius 1 is 0.944 bits per heavy atom. The van der Waals surface area contributed by atoms with Gasteiger partial charge in [0.25, 0.3) is 0 Å². The molecular weight excluding hydrogens is 222 g/mol. The van der Waals surface area contributed by atoms with E-state index in [9.17, 15) is 0 Å². The summed E-state index contributed by atoms with van der Waals surface area (Å²) in [5.41, 5.74) is 2.60. The van der Waals surface area contributed by atoms with E-state index in [-0.39, 0.29) is 0 Å². The quantitative estimate of drug-likeness (QED) is 0.842. The van der Waals surface area contributed by atoms with Gasteiger partial charge in [-0.2, -0.15) is 0 Å². The first-order valence-electron chi connectivity index (χ1n) is 6.29. The summed E-state index contributed by atoms with van der Waals surface area (Å²) in [7, 11) is 0. The molecule has 0 bridgehead atoms. The highest BCUT2D eigenvalue weighted by atomic mass is 15.1. The summed E-state index contributed by atoms with van der Waals surface area (Å²) in [5, 5.41) is 6.56. The minimum absolute atomic E-state index is 0.801. The van der Waals surface area contributed by atoms with E-state index >= 15 is 0 Å². The van der Waals surface area contributed by atoms with Crippen LogP contribution in [0.5, 0.6) is 0 Å². The standard InChI is InChI=1S/C15H19N3/c1-3-16-14-9-6-10-15(18-14)17-11-13-8-5-4-7-12(13)2/h4-10H,3,11H2,1-2H3,(H2,16,17,18). The average Bonchev–Trinajstić information content (AvgIpc) is 2.39. The third kappa shape index (κ3) is 3.23. The number of hydrogen-bond donors (Lipinski definition) is 2. The summed E-state index contributed by atoms with van der Waals surface area (Å²) < 4.78 is 0.